The third-order valence-electron chi connectivity index (χ3n) is 5.93. The van der Waals surface area contributed by atoms with E-state index in [1.54, 1.807) is 30.6 Å². The van der Waals surface area contributed by atoms with E-state index in [1.807, 2.05) is 19.9 Å². The van der Waals surface area contributed by atoms with Crippen molar-refractivity contribution in [3.63, 3.8) is 0 Å². The first-order valence-electron chi connectivity index (χ1n) is 9.84. The molecule has 3 saturated heterocycles. The molecule has 1 aromatic heterocycles. The Morgan fingerprint density at radius 1 is 1.29 bits per heavy atom. The van der Waals surface area contributed by atoms with E-state index in [1.165, 1.54) is 6.07 Å². The number of benzene rings is 1. The Balaban J connectivity index is 1.48. The van der Waals surface area contributed by atoms with Gasteiger partial charge >= 0.3 is 6.09 Å². The lowest BCUT2D eigenvalue weighted by atomic mass is 9.86. The molecule has 1 aromatic carbocycles. The lowest BCUT2D eigenvalue weighted by Gasteiger charge is -2.44. The van der Waals surface area contributed by atoms with Gasteiger partial charge in [0.25, 0.3) is 0 Å². The maximum atomic E-state index is 14.4. The van der Waals surface area contributed by atoms with Crippen LogP contribution in [-0.2, 0) is 10.3 Å². The summed E-state index contributed by atoms with van der Waals surface area (Å²) in [5.74, 6) is 0.143. The normalized spacial score (nSPS) is 24.0. The molecule has 0 aliphatic carbocycles. The zero-order chi connectivity index (χ0) is 19.7. The van der Waals surface area contributed by atoms with Crippen LogP contribution >= 0.6 is 0 Å². The van der Waals surface area contributed by atoms with E-state index < -0.39 is 11.6 Å². The van der Waals surface area contributed by atoms with Gasteiger partial charge in [-0.3, -0.25) is 9.88 Å². The Labute approximate surface area is 164 Å². The van der Waals surface area contributed by atoms with Gasteiger partial charge in [-0.25, -0.2) is 9.18 Å². The van der Waals surface area contributed by atoms with Crippen molar-refractivity contribution in [3.05, 3.63) is 54.1 Å². The van der Waals surface area contributed by atoms with E-state index in [2.05, 4.69) is 15.2 Å². The van der Waals surface area contributed by atoms with Crippen molar-refractivity contribution in [2.24, 2.45) is 5.92 Å². The number of alkyl carbamates (subject to hydrolysis) is 1. The van der Waals surface area contributed by atoms with Gasteiger partial charge in [0.1, 0.15) is 11.9 Å². The van der Waals surface area contributed by atoms with Crippen LogP contribution in [0, 0.1) is 11.7 Å². The number of hydrogen-bond donors (Lipinski definition) is 1. The van der Waals surface area contributed by atoms with Gasteiger partial charge in [-0.05, 0) is 69.5 Å². The van der Waals surface area contributed by atoms with Gasteiger partial charge in [0.05, 0.1) is 5.54 Å². The highest BCUT2D eigenvalue weighted by Crippen LogP contribution is 2.31. The standard InChI is InChI=1S/C22H26FN3O2/c1-22(2,25-21(27)28-20-14-26-10-7-15(20)8-11-26)17-5-6-19(23)18(12-17)16-4-3-9-24-13-16/h3-6,9,12-13,15,20H,7-8,10-11,14H2,1-2H3,(H,25,27). The number of fused-ring (bicyclic) bond motifs is 3. The zero-order valence-electron chi connectivity index (χ0n) is 16.3. The molecule has 2 bridgehead atoms. The average molecular weight is 383 g/mol. The highest BCUT2D eigenvalue weighted by atomic mass is 19.1. The maximum absolute atomic E-state index is 14.4. The molecule has 6 heteroatoms. The van der Waals surface area contributed by atoms with Crippen molar-refractivity contribution < 1.29 is 13.9 Å². The van der Waals surface area contributed by atoms with Gasteiger partial charge in [-0.1, -0.05) is 12.1 Å². The monoisotopic (exact) mass is 383 g/mol. The minimum absolute atomic E-state index is 0.0440. The average Bonchev–Trinajstić information content (AvgIpc) is 2.69. The zero-order valence-corrected chi connectivity index (χ0v) is 16.3. The second kappa shape index (κ2) is 7.51. The largest absolute Gasteiger partial charge is 0.445 e. The van der Waals surface area contributed by atoms with Crippen molar-refractivity contribution in [2.75, 3.05) is 19.6 Å². The molecule has 3 aliphatic heterocycles. The number of piperidine rings is 3. The molecule has 0 radical (unpaired) electrons. The van der Waals surface area contributed by atoms with Crippen LogP contribution in [0.15, 0.2) is 42.7 Å². The van der Waals surface area contributed by atoms with Gasteiger partial charge in [0.2, 0.25) is 0 Å². The first-order chi connectivity index (χ1) is 13.4. The summed E-state index contributed by atoms with van der Waals surface area (Å²) in [6, 6.07) is 8.48. The smallest absolute Gasteiger partial charge is 0.408 e. The predicted molar refractivity (Wildman–Crippen MR) is 105 cm³/mol. The second-order valence-electron chi connectivity index (χ2n) is 8.27. The van der Waals surface area contributed by atoms with Crippen LogP contribution in [0.3, 0.4) is 0 Å². The molecule has 5 nitrogen and oxygen atoms in total. The Morgan fingerprint density at radius 3 is 2.71 bits per heavy atom. The molecule has 5 rings (SSSR count). The molecular formula is C22H26FN3O2. The number of aromatic nitrogens is 1. The van der Waals surface area contributed by atoms with Gasteiger partial charge in [-0.2, -0.15) is 0 Å². The van der Waals surface area contributed by atoms with E-state index >= 15 is 0 Å². The molecule has 0 spiro atoms. The van der Waals surface area contributed by atoms with E-state index in [-0.39, 0.29) is 11.9 Å². The number of hydrogen-bond acceptors (Lipinski definition) is 4. The Bertz CT molecular complexity index is 848. The van der Waals surface area contributed by atoms with Crippen LogP contribution in [0.4, 0.5) is 9.18 Å². The highest BCUT2D eigenvalue weighted by Gasteiger charge is 2.37. The fourth-order valence-corrected chi connectivity index (χ4v) is 4.20. The summed E-state index contributed by atoms with van der Waals surface area (Å²) in [4.78, 5) is 19.0. The topological polar surface area (TPSA) is 54.5 Å². The number of amides is 1. The Hall–Kier alpha value is -2.47. The number of halogens is 1. The molecule has 28 heavy (non-hydrogen) atoms. The first kappa shape index (κ1) is 18.9. The van der Waals surface area contributed by atoms with E-state index in [0.717, 1.165) is 38.0 Å². The summed E-state index contributed by atoms with van der Waals surface area (Å²) >= 11 is 0. The minimum Gasteiger partial charge on any atom is -0.445 e. The quantitative estimate of drug-likeness (QED) is 0.869. The first-order valence-corrected chi connectivity index (χ1v) is 9.84. The molecule has 2 aromatic rings. The highest BCUT2D eigenvalue weighted by molar-refractivity contribution is 5.70. The van der Waals surface area contributed by atoms with Gasteiger partial charge in [-0.15, -0.1) is 0 Å². The Kier molecular flexibility index (Phi) is 5.06. The number of nitrogens with zero attached hydrogens (tertiary/aromatic N) is 2. The van der Waals surface area contributed by atoms with Crippen LogP contribution in [0.1, 0.15) is 32.3 Å². The molecule has 0 saturated carbocycles. The van der Waals surface area contributed by atoms with Crippen LogP contribution in [0.5, 0.6) is 0 Å². The van der Waals surface area contributed by atoms with Gasteiger partial charge < -0.3 is 10.1 Å². The summed E-state index contributed by atoms with van der Waals surface area (Å²) < 4.78 is 20.1. The lowest BCUT2D eigenvalue weighted by molar-refractivity contribution is -0.0349. The van der Waals surface area contributed by atoms with Crippen LogP contribution < -0.4 is 5.32 Å². The number of ether oxygens (including phenoxy) is 1. The summed E-state index contributed by atoms with van der Waals surface area (Å²) in [5, 5.41) is 2.96. The molecule has 1 unspecified atom stereocenters. The maximum Gasteiger partial charge on any atom is 0.408 e. The van der Waals surface area contributed by atoms with E-state index in [9.17, 15) is 9.18 Å². The number of rotatable bonds is 4. The third kappa shape index (κ3) is 3.87. The van der Waals surface area contributed by atoms with E-state index in [0.29, 0.717) is 17.0 Å². The third-order valence-corrected chi connectivity index (χ3v) is 5.93. The molecule has 1 amide bonds. The van der Waals surface area contributed by atoms with Gasteiger partial charge in [0.15, 0.2) is 0 Å². The van der Waals surface area contributed by atoms with Crippen molar-refractivity contribution in [2.45, 2.75) is 38.3 Å². The SMILES string of the molecule is CC(C)(NC(=O)OC1CN2CCC1CC2)c1ccc(F)c(-c2cccnc2)c1. The second-order valence-corrected chi connectivity index (χ2v) is 8.27. The number of pyridine rings is 1. The number of carbonyl (C=O) groups excluding carboxylic acids is 1. The summed E-state index contributed by atoms with van der Waals surface area (Å²) in [6.45, 7) is 6.81. The van der Waals surface area contributed by atoms with E-state index in [4.69, 9.17) is 4.74 Å². The van der Waals surface area contributed by atoms with Crippen molar-refractivity contribution in [3.8, 4) is 11.1 Å². The molecule has 4 heterocycles. The minimum atomic E-state index is -0.699. The van der Waals surface area contributed by atoms with Crippen LogP contribution in [0.25, 0.3) is 11.1 Å². The molecule has 3 aliphatic rings. The molecule has 1 N–H and O–H groups in total. The lowest BCUT2D eigenvalue weighted by Crippen LogP contribution is -2.53. The number of carbonyl (C=O) groups is 1. The van der Waals surface area contributed by atoms with Crippen molar-refractivity contribution >= 4 is 6.09 Å². The van der Waals surface area contributed by atoms with Crippen molar-refractivity contribution in [1.29, 1.82) is 0 Å². The Morgan fingerprint density at radius 2 is 2.07 bits per heavy atom. The fourth-order valence-electron chi connectivity index (χ4n) is 4.20. The van der Waals surface area contributed by atoms with Crippen molar-refractivity contribution in [1.82, 2.24) is 15.2 Å². The molecular weight excluding hydrogens is 357 g/mol. The summed E-state index contributed by atoms with van der Waals surface area (Å²) in [7, 11) is 0. The summed E-state index contributed by atoms with van der Waals surface area (Å²) in [6.07, 6.45) is 5.00. The summed E-state index contributed by atoms with van der Waals surface area (Å²) in [5.41, 5.74) is 1.27. The molecule has 3 fully saturated rings. The van der Waals surface area contributed by atoms with Crippen LogP contribution in [-0.4, -0.2) is 41.7 Å². The number of nitrogens with one attached hydrogen (secondary N) is 1. The fraction of sp³-hybridized carbons (Fsp3) is 0.455. The molecule has 148 valence electrons. The van der Waals surface area contributed by atoms with Gasteiger partial charge in [0, 0.05) is 30.1 Å². The predicted octanol–water partition coefficient (Wildman–Crippen LogP) is 3.94. The van der Waals surface area contributed by atoms with Crippen LogP contribution in [0.2, 0.25) is 0 Å². The molecule has 1 atom stereocenters.